The first-order chi connectivity index (χ1) is 63.0. The number of nitrogens with zero attached hydrogens (tertiary/aromatic N) is 1. The van der Waals surface area contributed by atoms with Crippen LogP contribution in [0, 0.1) is 0 Å². The van der Waals surface area contributed by atoms with Gasteiger partial charge in [0.1, 0.15) is 78.3 Å². The summed E-state index contributed by atoms with van der Waals surface area (Å²) < 4.78 is 0. The molecule has 704 valence electrons. The minimum absolute atomic E-state index is 0.00605. The van der Waals surface area contributed by atoms with Crippen LogP contribution in [-0.2, 0) is 104 Å². The van der Waals surface area contributed by atoms with Crippen molar-refractivity contribution in [3.8, 4) is 5.75 Å². The molecule has 0 radical (unpaired) electrons. The number of aromatic amines is 3. The average molecular weight is 1880 g/mol. The molecule has 9 rings (SSSR count). The standard InChI is InChI=1S/C90H117N19O18S4/c1-130-37-32-66(82(118)107-73(49-128)79(115)97-48-76(111)98-68(40-51-17-4-3-5-18-51)83(119)106-72(90(126)127)44-77(112)113)101-85(121)71(43-55-47-96-63-24-11-8-21-59(55)63)105-88(124)75-27-16-36-109(75)89(125)67(33-38-131-2)102-86(122)70(42-54-46-95-62-23-10-7-20-58(54)62)104-80(116)64(25-12-14-34-91)100-87(123)74(50-129)108-81(117)65(26-13-15-35-92)99-84(120)69(41-53-45-94-61-22-9-6-19-57(53)61)103-78(114)60(93)39-52-28-30-56(110)31-29-52/h3-11,17-24,28-31,45-47,60,64-75,94-96,110,128-129H,12-16,25-27,32-44,48-50,91-93H2,1-2H3,(H,97,115)(H,98,111)(H,99,120)(H,100,123)(H,101,121)(H,102,122)(H,103,114)(H,104,116)(H,105,124)(H,106,119)(H,107,118)(H,108,117)(H,112,113)(H,126,127)/t60-,64-,65-,66-,67-,68-,69-,70-,71-,72-,73-,74-,75-/m0/s1. The van der Waals surface area contributed by atoms with Crippen molar-refractivity contribution >= 4 is 170 Å². The highest BCUT2D eigenvalue weighted by Crippen LogP contribution is 2.26. The number of likely N-dealkylation sites (tertiary alicyclic amines) is 1. The fraction of sp³-hybridized carbons (Fsp3) is 0.433. The predicted molar refractivity (Wildman–Crippen MR) is 504 cm³/mol. The number of amides is 13. The highest BCUT2D eigenvalue weighted by Gasteiger charge is 2.42. The highest BCUT2D eigenvalue weighted by molar-refractivity contribution is 7.98. The summed E-state index contributed by atoms with van der Waals surface area (Å²) in [5, 5.41) is 63.1. The fourth-order valence-corrected chi connectivity index (χ4v) is 16.7. The minimum Gasteiger partial charge on any atom is -0.508 e. The summed E-state index contributed by atoms with van der Waals surface area (Å²) in [5.41, 5.74) is 23.5. The van der Waals surface area contributed by atoms with Crippen LogP contribution in [0.1, 0.15) is 98.4 Å². The molecule has 1 aliphatic rings. The number of hydrogen-bond donors (Lipinski definition) is 23. The van der Waals surface area contributed by atoms with E-state index in [0.717, 1.165) is 10.9 Å². The van der Waals surface area contributed by atoms with Gasteiger partial charge in [0, 0.05) is 95.0 Å². The van der Waals surface area contributed by atoms with Crippen LogP contribution in [0.3, 0.4) is 0 Å². The zero-order valence-electron chi connectivity index (χ0n) is 72.7. The Morgan fingerprint density at radius 1 is 0.427 bits per heavy atom. The van der Waals surface area contributed by atoms with Gasteiger partial charge >= 0.3 is 11.9 Å². The lowest BCUT2D eigenvalue weighted by Crippen LogP contribution is -2.61. The second-order valence-electron chi connectivity index (χ2n) is 31.9. The Hall–Kier alpha value is -12.2. The summed E-state index contributed by atoms with van der Waals surface area (Å²) in [7, 11) is 0. The Kier molecular flexibility index (Phi) is 40.7. The lowest BCUT2D eigenvalue weighted by Gasteiger charge is -2.31. The van der Waals surface area contributed by atoms with E-state index < -0.39 is 180 Å². The maximum Gasteiger partial charge on any atom is 0.326 e. The van der Waals surface area contributed by atoms with Crippen LogP contribution in [0.15, 0.2) is 146 Å². The Morgan fingerprint density at radius 2 is 0.809 bits per heavy atom. The number of carbonyl (C=O) groups excluding carboxylic acids is 13. The molecule has 8 aromatic rings. The van der Waals surface area contributed by atoms with Gasteiger partial charge in [-0.2, -0.15) is 48.8 Å². The molecule has 0 spiro atoms. The van der Waals surface area contributed by atoms with Crippen molar-refractivity contribution in [3.05, 3.63) is 174 Å². The van der Waals surface area contributed by atoms with Crippen LogP contribution in [0.25, 0.3) is 32.7 Å². The SMILES string of the molecule is CSCC[C@H](NC(=O)[C@H](Cc1c[nH]c2ccccc12)NC(=O)[C@@H]1CCCN1C(=O)[C@H](CCSC)NC(=O)[C@H](Cc1c[nH]c2ccccc12)NC(=O)[C@H](CCCCN)NC(=O)[C@H](CS)NC(=O)[C@H](CCCCN)NC(=O)[C@H](Cc1c[nH]c2ccccc12)NC(=O)[C@@H](N)Cc1ccc(O)cc1)C(=O)N[C@@H](CS)C(=O)NCC(=O)N[C@@H](Cc1ccccc1)C(=O)N[C@@H](CC(=O)O)C(=O)O. The number of aromatic hydroxyl groups is 1. The van der Waals surface area contributed by atoms with Crippen LogP contribution in [0.5, 0.6) is 5.75 Å². The topological polar surface area (TPSA) is 590 Å². The quantitative estimate of drug-likeness (QED) is 0.0189. The summed E-state index contributed by atoms with van der Waals surface area (Å²) in [6, 6.07) is 18.1. The second-order valence-corrected chi connectivity index (χ2v) is 34.6. The number of aliphatic carboxylic acids is 2. The lowest BCUT2D eigenvalue weighted by molar-refractivity contribution is -0.147. The average Bonchev–Trinajstić information content (AvgIpc) is 1.70. The highest BCUT2D eigenvalue weighted by atomic mass is 32.2. The summed E-state index contributed by atoms with van der Waals surface area (Å²) in [4.78, 5) is 224. The number of H-pyrrole nitrogens is 3. The van der Waals surface area contributed by atoms with Gasteiger partial charge in [-0.25, -0.2) is 4.79 Å². The molecule has 37 nitrogen and oxygen atoms in total. The number of thiol groups is 2. The van der Waals surface area contributed by atoms with E-state index in [1.54, 1.807) is 91.8 Å². The minimum atomic E-state index is -1.85. The molecule has 1 aliphatic heterocycles. The molecule has 0 bridgehead atoms. The van der Waals surface area contributed by atoms with E-state index in [2.05, 4.69) is 104 Å². The van der Waals surface area contributed by atoms with Crippen LogP contribution >= 0.6 is 48.8 Å². The van der Waals surface area contributed by atoms with Gasteiger partial charge in [0.05, 0.1) is 19.0 Å². The summed E-state index contributed by atoms with van der Waals surface area (Å²) >= 11 is 11.5. The van der Waals surface area contributed by atoms with Crippen molar-refractivity contribution in [2.45, 2.75) is 181 Å². The molecule has 4 heterocycles. The maximum atomic E-state index is 15.4. The summed E-state index contributed by atoms with van der Waals surface area (Å²) in [6.07, 6.45) is 9.10. The molecule has 131 heavy (non-hydrogen) atoms. The van der Waals surface area contributed by atoms with Gasteiger partial charge in [-0.05, 0) is 166 Å². The van der Waals surface area contributed by atoms with Gasteiger partial charge in [0.2, 0.25) is 76.8 Å². The first-order valence-corrected chi connectivity index (χ1v) is 47.3. The third-order valence-corrected chi connectivity index (χ3v) is 24.4. The van der Waals surface area contributed by atoms with E-state index in [-0.39, 0.29) is 101 Å². The number of nitrogens with two attached hydrogens (primary N) is 3. The number of carbonyl (C=O) groups is 15. The molecular weight excluding hydrogens is 1760 g/mol. The number of phenolic OH excluding ortho intramolecular Hbond substituents is 1. The lowest BCUT2D eigenvalue weighted by atomic mass is 10.0. The largest absolute Gasteiger partial charge is 0.508 e. The molecule has 0 aliphatic carbocycles. The Balaban J connectivity index is 0.900. The van der Waals surface area contributed by atoms with Crippen LogP contribution < -0.4 is 81.0 Å². The number of hydrogen-bond acceptors (Lipinski definition) is 23. The Labute approximate surface area is 776 Å². The Bertz CT molecular complexity index is 5260. The van der Waals surface area contributed by atoms with Crippen molar-refractivity contribution in [3.63, 3.8) is 0 Å². The number of para-hydroxylation sites is 3. The molecule has 41 heteroatoms. The van der Waals surface area contributed by atoms with Crippen molar-refractivity contribution in [2.24, 2.45) is 17.2 Å². The van der Waals surface area contributed by atoms with Crippen molar-refractivity contribution in [2.75, 3.05) is 61.7 Å². The number of benzene rings is 5. The number of rotatable bonds is 54. The summed E-state index contributed by atoms with van der Waals surface area (Å²) in [5.74, 6) is -13.9. The first-order valence-electron chi connectivity index (χ1n) is 43.2. The van der Waals surface area contributed by atoms with E-state index in [1.165, 1.54) is 40.6 Å². The normalized spacial score (nSPS) is 15.2. The third kappa shape index (κ3) is 30.7. The Morgan fingerprint density at radius 3 is 1.27 bits per heavy atom. The summed E-state index contributed by atoms with van der Waals surface area (Å²) in [6.45, 7) is -0.289. The zero-order chi connectivity index (χ0) is 94.6. The monoisotopic (exact) mass is 1880 g/mol. The number of aromatic nitrogens is 3. The van der Waals surface area contributed by atoms with Gasteiger partial charge in [0.25, 0.3) is 0 Å². The second kappa shape index (κ2) is 52.0. The number of fused-ring (bicyclic) bond motifs is 3. The van der Waals surface area contributed by atoms with Crippen LogP contribution in [-0.4, -0.2) is 264 Å². The molecule has 1 fully saturated rings. The number of unbranched alkanes of at least 4 members (excludes halogenated alkanes) is 2. The number of nitrogens with one attached hydrogen (secondary N) is 15. The number of carboxylic acid groups (broad SMARTS) is 2. The van der Waals surface area contributed by atoms with E-state index in [9.17, 15) is 63.3 Å². The molecule has 3 aromatic heterocycles. The maximum absolute atomic E-state index is 15.4. The van der Waals surface area contributed by atoms with Crippen molar-refractivity contribution in [1.29, 1.82) is 0 Å². The third-order valence-electron chi connectivity index (χ3n) is 22.4. The van der Waals surface area contributed by atoms with E-state index in [1.807, 2.05) is 54.6 Å². The molecule has 1 saturated heterocycles. The molecular formula is C90H117N19O18S4. The van der Waals surface area contributed by atoms with Gasteiger partial charge in [0.15, 0.2) is 0 Å². The zero-order valence-corrected chi connectivity index (χ0v) is 76.1. The number of phenols is 1. The molecule has 13 amide bonds. The van der Waals surface area contributed by atoms with Crippen LogP contribution in [0.2, 0.25) is 0 Å². The fourth-order valence-electron chi connectivity index (χ4n) is 15.3. The molecule has 0 saturated carbocycles. The van der Waals surface area contributed by atoms with E-state index in [0.29, 0.717) is 93.2 Å². The predicted octanol–water partition coefficient (Wildman–Crippen LogP) is 1.30. The van der Waals surface area contributed by atoms with Gasteiger partial charge < -0.3 is 116 Å². The first kappa shape index (κ1) is 103. The molecule has 0 unspecified atom stereocenters. The van der Waals surface area contributed by atoms with Crippen molar-refractivity contribution in [1.82, 2.24) is 83.7 Å². The van der Waals surface area contributed by atoms with Gasteiger partial charge in [-0.1, -0.05) is 97.1 Å². The molecule has 5 aromatic carbocycles. The van der Waals surface area contributed by atoms with E-state index in [4.69, 9.17) is 17.2 Å². The number of thioether (sulfide) groups is 2. The smallest absolute Gasteiger partial charge is 0.326 e. The molecule has 24 N–H and O–H groups in total. The van der Waals surface area contributed by atoms with Crippen molar-refractivity contribution < 1.29 is 87.2 Å². The van der Waals surface area contributed by atoms with Gasteiger partial charge in [-0.3, -0.25) is 67.1 Å². The molecule has 13 atom stereocenters. The van der Waals surface area contributed by atoms with E-state index >= 15 is 24.0 Å². The number of carboxylic acids is 2. The van der Waals surface area contributed by atoms with Gasteiger partial charge in [-0.15, -0.1) is 0 Å². The van der Waals surface area contributed by atoms with Crippen LogP contribution in [0.4, 0.5) is 0 Å².